The van der Waals surface area contributed by atoms with Gasteiger partial charge < -0.3 is 33.2 Å². The normalized spacial score (nSPS) is 16.2. The minimum atomic E-state index is -1.18. The molecule has 0 spiro atoms. The Labute approximate surface area is 425 Å². The zero-order chi connectivity index (χ0) is 50.6. The van der Waals surface area contributed by atoms with Crippen LogP contribution in [0.25, 0.3) is 0 Å². The maximum atomic E-state index is 13.0. The van der Waals surface area contributed by atoms with Crippen molar-refractivity contribution in [2.75, 3.05) is 87.5 Å². The first-order valence-electron chi connectivity index (χ1n) is 29.0. The molecule has 69 heavy (non-hydrogen) atoms. The molecule has 1 aliphatic heterocycles. The zero-order valence-electron chi connectivity index (χ0n) is 46.8. The van der Waals surface area contributed by atoms with Crippen molar-refractivity contribution >= 4 is 11.9 Å². The van der Waals surface area contributed by atoms with Gasteiger partial charge in [0.25, 0.3) is 6.29 Å². The van der Waals surface area contributed by atoms with E-state index < -0.39 is 17.9 Å². The van der Waals surface area contributed by atoms with Crippen LogP contribution < -0.4 is 0 Å². The third-order valence-electron chi connectivity index (χ3n) is 13.5. The lowest BCUT2D eigenvalue weighted by molar-refractivity contribution is -0.200. The summed E-state index contributed by atoms with van der Waals surface area (Å²) in [5, 5.41) is 0. The van der Waals surface area contributed by atoms with Gasteiger partial charge in [0.2, 0.25) is 5.76 Å². The SMILES string of the molecule is CCCCCC(CCCCC)CCOCCCCCCCCCOC1=C(OCCCCCCCCCOCCC(CCCCC)CCCCC)C(C)(COC(=O)CN(C)C)O[C@H]1OC(=O)CN(C)C. The van der Waals surface area contributed by atoms with Gasteiger partial charge in [-0.25, -0.2) is 0 Å². The predicted octanol–water partition coefficient (Wildman–Crippen LogP) is 14.4. The maximum absolute atomic E-state index is 13.0. The monoisotopic (exact) mass is 981 g/mol. The molecule has 0 bridgehead atoms. The molecule has 0 aliphatic carbocycles. The first-order valence-corrected chi connectivity index (χ1v) is 29.0. The van der Waals surface area contributed by atoms with E-state index >= 15 is 0 Å². The summed E-state index contributed by atoms with van der Waals surface area (Å²) in [6, 6.07) is 0. The zero-order valence-corrected chi connectivity index (χ0v) is 46.8. The van der Waals surface area contributed by atoms with Gasteiger partial charge >= 0.3 is 11.9 Å². The van der Waals surface area contributed by atoms with Crippen molar-refractivity contribution in [3.8, 4) is 0 Å². The molecule has 0 aromatic carbocycles. The first-order chi connectivity index (χ1) is 33.5. The summed E-state index contributed by atoms with van der Waals surface area (Å²) in [5.41, 5.74) is -1.18. The number of carbonyl (C=O) groups is 2. The van der Waals surface area contributed by atoms with Crippen molar-refractivity contribution < 1.29 is 42.7 Å². The Balaban J connectivity index is 2.63. The number of unbranched alkanes of at least 4 members (excludes halogenated alkanes) is 20. The summed E-state index contributed by atoms with van der Waals surface area (Å²) in [5.74, 6) is 1.66. The van der Waals surface area contributed by atoms with Crippen molar-refractivity contribution in [3.63, 3.8) is 0 Å². The molecule has 1 aliphatic rings. The van der Waals surface area contributed by atoms with E-state index in [1.807, 2.05) is 35.1 Å². The molecule has 0 N–H and O–H groups in total. The molecule has 408 valence electrons. The quantitative estimate of drug-likeness (QED) is 0.0430. The Hall–Kier alpha value is -1.92. The lowest BCUT2D eigenvalue weighted by Crippen LogP contribution is -2.39. The van der Waals surface area contributed by atoms with Crippen molar-refractivity contribution in [1.29, 1.82) is 0 Å². The highest BCUT2D eigenvalue weighted by Gasteiger charge is 2.50. The molecule has 1 unspecified atom stereocenters. The van der Waals surface area contributed by atoms with Gasteiger partial charge in [0.05, 0.1) is 26.3 Å². The van der Waals surface area contributed by atoms with Gasteiger partial charge in [-0.15, -0.1) is 0 Å². The summed E-state index contributed by atoms with van der Waals surface area (Å²) < 4.78 is 43.1. The molecule has 0 saturated carbocycles. The highest BCUT2D eigenvalue weighted by molar-refractivity contribution is 5.72. The van der Waals surface area contributed by atoms with Gasteiger partial charge in [0, 0.05) is 26.4 Å². The van der Waals surface area contributed by atoms with Crippen LogP contribution in [0.4, 0.5) is 0 Å². The van der Waals surface area contributed by atoms with Crippen LogP contribution in [0.3, 0.4) is 0 Å². The summed E-state index contributed by atoms with van der Waals surface area (Å²) in [7, 11) is 7.28. The second-order valence-corrected chi connectivity index (χ2v) is 21.2. The van der Waals surface area contributed by atoms with E-state index in [-0.39, 0.29) is 25.7 Å². The van der Waals surface area contributed by atoms with Crippen LogP contribution in [-0.4, -0.2) is 121 Å². The molecule has 0 amide bonds. The molecule has 11 heteroatoms. The van der Waals surface area contributed by atoms with E-state index in [1.54, 1.807) is 9.80 Å². The lowest BCUT2D eigenvalue weighted by atomic mass is 9.92. The number of hydrogen-bond donors (Lipinski definition) is 0. The molecular formula is C58H112N2O9. The van der Waals surface area contributed by atoms with Gasteiger partial charge in [-0.1, -0.05) is 195 Å². The number of hydrogen-bond acceptors (Lipinski definition) is 11. The minimum absolute atomic E-state index is 0.0878. The summed E-state index contributed by atoms with van der Waals surface area (Å²) in [4.78, 5) is 29.2. The number of nitrogens with zero attached hydrogens (tertiary/aromatic N) is 2. The van der Waals surface area contributed by atoms with Crippen LogP contribution in [0.15, 0.2) is 11.5 Å². The van der Waals surface area contributed by atoms with Gasteiger partial charge in [-0.2, -0.15) is 0 Å². The Morgan fingerprint density at radius 1 is 0.478 bits per heavy atom. The van der Waals surface area contributed by atoms with E-state index in [2.05, 4.69) is 27.7 Å². The van der Waals surface area contributed by atoms with Gasteiger partial charge in [0.15, 0.2) is 11.4 Å². The first kappa shape index (κ1) is 65.1. The second kappa shape index (κ2) is 44.8. The average molecular weight is 982 g/mol. The predicted molar refractivity (Wildman–Crippen MR) is 285 cm³/mol. The molecule has 0 radical (unpaired) electrons. The molecule has 2 atom stereocenters. The van der Waals surface area contributed by atoms with Crippen molar-refractivity contribution in [3.05, 3.63) is 11.5 Å². The highest BCUT2D eigenvalue weighted by Crippen LogP contribution is 2.39. The van der Waals surface area contributed by atoms with Crippen molar-refractivity contribution in [2.24, 2.45) is 11.8 Å². The van der Waals surface area contributed by atoms with Crippen LogP contribution in [-0.2, 0) is 42.7 Å². The fraction of sp³-hybridized carbons (Fsp3) is 0.931. The van der Waals surface area contributed by atoms with E-state index in [9.17, 15) is 9.59 Å². The average Bonchev–Trinajstić information content (AvgIpc) is 3.56. The lowest BCUT2D eigenvalue weighted by Gasteiger charge is -2.27. The fourth-order valence-corrected chi connectivity index (χ4v) is 9.22. The molecule has 0 aromatic heterocycles. The summed E-state index contributed by atoms with van der Waals surface area (Å²) in [6.07, 6.45) is 38.3. The van der Waals surface area contributed by atoms with Gasteiger partial charge in [0.1, 0.15) is 6.61 Å². The summed E-state index contributed by atoms with van der Waals surface area (Å²) >= 11 is 0. The van der Waals surface area contributed by atoms with E-state index in [0.717, 1.165) is 89.6 Å². The van der Waals surface area contributed by atoms with Crippen LogP contribution >= 0.6 is 0 Å². The number of rotatable bonds is 51. The third kappa shape index (κ3) is 35.8. The maximum Gasteiger partial charge on any atom is 0.322 e. The molecule has 1 rings (SSSR count). The van der Waals surface area contributed by atoms with Crippen molar-refractivity contribution in [1.82, 2.24) is 9.80 Å². The number of esters is 2. The van der Waals surface area contributed by atoms with Gasteiger partial charge in [-0.05, 0) is 85.5 Å². The topological polar surface area (TPSA) is 105 Å². The standard InChI is InChI=1S/C58H112N2O9/c1-10-14-28-36-51(37-29-15-11-2)40-46-63-42-32-24-20-18-22-26-34-44-65-55-56(58(5,50-67-53(61)48-59(6)7)69-57(55)68-54(62)49-60(8)9)66-45-35-27-23-19-21-25-33-43-64-47-41-52(38-30-16-12-3)39-31-17-13-4/h51-52,57H,10-50H2,1-9H3/t57-,58?/m1/s1. The van der Waals surface area contributed by atoms with E-state index in [4.69, 9.17) is 33.2 Å². The third-order valence-corrected chi connectivity index (χ3v) is 13.5. The van der Waals surface area contributed by atoms with E-state index in [0.29, 0.717) is 24.7 Å². The van der Waals surface area contributed by atoms with Crippen LogP contribution in [0.2, 0.25) is 0 Å². The van der Waals surface area contributed by atoms with Crippen LogP contribution in [0.5, 0.6) is 0 Å². The fourth-order valence-electron chi connectivity index (χ4n) is 9.22. The molecular weight excluding hydrogens is 869 g/mol. The largest absolute Gasteiger partial charge is 0.491 e. The molecule has 1 heterocycles. The number of ether oxygens (including phenoxy) is 7. The van der Waals surface area contributed by atoms with Crippen LogP contribution in [0.1, 0.15) is 240 Å². The summed E-state index contributed by atoms with van der Waals surface area (Å²) in [6.45, 7) is 15.6. The Morgan fingerprint density at radius 2 is 0.855 bits per heavy atom. The Bertz CT molecular complexity index is 1210. The van der Waals surface area contributed by atoms with E-state index in [1.165, 1.54) is 154 Å². The van der Waals surface area contributed by atoms with Crippen LogP contribution in [0, 0.1) is 11.8 Å². The van der Waals surface area contributed by atoms with Crippen molar-refractivity contribution in [2.45, 2.75) is 252 Å². The number of carbonyl (C=O) groups excluding carboxylic acids is 2. The Morgan fingerprint density at radius 3 is 1.26 bits per heavy atom. The molecule has 0 aromatic rings. The molecule has 11 nitrogen and oxygen atoms in total. The smallest absolute Gasteiger partial charge is 0.322 e. The molecule has 0 saturated heterocycles. The highest BCUT2D eigenvalue weighted by atomic mass is 16.7. The second-order valence-electron chi connectivity index (χ2n) is 21.2. The minimum Gasteiger partial charge on any atom is -0.491 e. The van der Waals surface area contributed by atoms with Gasteiger partial charge in [-0.3, -0.25) is 19.4 Å². The number of likely N-dealkylation sites (N-methyl/N-ethyl adjacent to an activating group) is 2. The Kier molecular flexibility index (Phi) is 42.2. The molecule has 0 fully saturated rings.